The minimum absolute atomic E-state index is 0.0254. The van der Waals surface area contributed by atoms with E-state index in [2.05, 4.69) is 4.72 Å². The zero-order chi connectivity index (χ0) is 24.6. The third-order valence-corrected chi connectivity index (χ3v) is 8.81. The zero-order valence-electron chi connectivity index (χ0n) is 20.0. The van der Waals surface area contributed by atoms with Crippen LogP contribution >= 0.6 is 0 Å². The minimum Gasteiger partial charge on any atom is -0.495 e. The van der Waals surface area contributed by atoms with E-state index in [1.54, 1.807) is 45.9 Å². The van der Waals surface area contributed by atoms with E-state index in [0.717, 1.165) is 12.8 Å². The van der Waals surface area contributed by atoms with Gasteiger partial charge >= 0.3 is 0 Å². The highest BCUT2D eigenvalue weighted by atomic mass is 32.2. The standard InChI is InChI=1S/C23H35N3O5S2/c1-16-22(32(24,27)28)14-19(26(16)15-17-9-7-6-8-10-17)18-11-12-21(20(13-18)31-5)33(29,30)25-23(2,3)4/h11-14,17,25H,6-10,15H2,1-5H3,(H2,24,27,28). The Balaban J connectivity index is 2.11. The quantitative estimate of drug-likeness (QED) is 0.603. The van der Waals surface area contributed by atoms with Crippen molar-refractivity contribution < 1.29 is 21.6 Å². The number of rotatable bonds is 7. The van der Waals surface area contributed by atoms with Crippen LogP contribution in [0.1, 0.15) is 58.6 Å². The van der Waals surface area contributed by atoms with Gasteiger partial charge in [0, 0.05) is 29.0 Å². The average Bonchev–Trinajstić information content (AvgIpc) is 3.03. The van der Waals surface area contributed by atoms with Crippen LogP contribution in [0.5, 0.6) is 5.75 Å². The van der Waals surface area contributed by atoms with Crippen molar-refractivity contribution in [2.24, 2.45) is 11.1 Å². The lowest BCUT2D eigenvalue weighted by molar-refractivity contribution is 0.318. The Hall–Kier alpha value is -1.88. The Labute approximate surface area is 197 Å². The van der Waals surface area contributed by atoms with Crippen molar-refractivity contribution in [1.82, 2.24) is 9.29 Å². The van der Waals surface area contributed by atoms with Crippen LogP contribution in [0.25, 0.3) is 11.3 Å². The van der Waals surface area contributed by atoms with Crippen molar-refractivity contribution in [1.29, 1.82) is 0 Å². The third kappa shape index (κ3) is 5.98. The molecule has 3 N–H and O–H groups in total. The van der Waals surface area contributed by atoms with E-state index < -0.39 is 25.6 Å². The number of ether oxygens (including phenoxy) is 1. The van der Waals surface area contributed by atoms with Crippen LogP contribution in [-0.2, 0) is 26.6 Å². The van der Waals surface area contributed by atoms with E-state index in [9.17, 15) is 16.8 Å². The fraction of sp³-hybridized carbons (Fsp3) is 0.565. The molecule has 1 aliphatic rings. The summed E-state index contributed by atoms with van der Waals surface area (Å²) in [4.78, 5) is 0.107. The molecule has 1 saturated carbocycles. The summed E-state index contributed by atoms with van der Waals surface area (Å²) in [5.41, 5.74) is 1.27. The first-order valence-corrected chi connectivity index (χ1v) is 14.2. The number of methoxy groups -OCH3 is 1. The fourth-order valence-electron chi connectivity index (χ4n) is 4.52. The molecule has 10 heteroatoms. The van der Waals surface area contributed by atoms with E-state index in [0.29, 0.717) is 29.4 Å². The van der Waals surface area contributed by atoms with Crippen LogP contribution in [0.15, 0.2) is 34.1 Å². The molecule has 0 saturated heterocycles. The molecule has 184 valence electrons. The van der Waals surface area contributed by atoms with Gasteiger partial charge in [-0.1, -0.05) is 25.3 Å². The first kappa shape index (κ1) is 25.7. The summed E-state index contributed by atoms with van der Waals surface area (Å²) in [6, 6.07) is 6.38. The van der Waals surface area contributed by atoms with Gasteiger partial charge in [0.25, 0.3) is 0 Å². The topological polar surface area (TPSA) is 120 Å². The van der Waals surface area contributed by atoms with Crippen LogP contribution in [0, 0.1) is 12.8 Å². The number of aromatic nitrogens is 1. The predicted octanol–water partition coefficient (Wildman–Crippen LogP) is 3.78. The summed E-state index contributed by atoms with van der Waals surface area (Å²) in [5.74, 6) is 0.638. The van der Waals surface area contributed by atoms with Gasteiger partial charge in [-0.15, -0.1) is 0 Å². The highest BCUT2D eigenvalue weighted by Gasteiger charge is 2.27. The molecule has 0 bridgehead atoms. The fourth-order valence-corrected chi connectivity index (χ4v) is 6.89. The molecule has 0 radical (unpaired) electrons. The van der Waals surface area contributed by atoms with Gasteiger partial charge in [-0.2, -0.15) is 0 Å². The molecule has 3 rings (SSSR count). The molecule has 1 heterocycles. The summed E-state index contributed by atoms with van der Waals surface area (Å²) < 4.78 is 60.3. The maximum absolute atomic E-state index is 12.9. The lowest BCUT2D eigenvalue weighted by Crippen LogP contribution is -2.40. The third-order valence-electron chi connectivity index (χ3n) is 5.98. The number of nitrogens with zero attached hydrogens (tertiary/aromatic N) is 1. The number of hydrogen-bond acceptors (Lipinski definition) is 5. The van der Waals surface area contributed by atoms with E-state index in [-0.39, 0.29) is 15.5 Å². The molecule has 0 spiro atoms. The molecule has 0 atom stereocenters. The maximum atomic E-state index is 12.9. The first-order chi connectivity index (χ1) is 15.2. The summed E-state index contributed by atoms with van der Waals surface area (Å²) in [6.45, 7) is 7.74. The summed E-state index contributed by atoms with van der Waals surface area (Å²) >= 11 is 0. The Morgan fingerprint density at radius 2 is 1.70 bits per heavy atom. The molecule has 8 nitrogen and oxygen atoms in total. The molecule has 1 aromatic carbocycles. The second kappa shape index (κ2) is 9.40. The Morgan fingerprint density at radius 1 is 1.06 bits per heavy atom. The van der Waals surface area contributed by atoms with Crippen molar-refractivity contribution in [3.05, 3.63) is 30.0 Å². The van der Waals surface area contributed by atoms with Crippen LogP contribution in [-0.4, -0.2) is 34.1 Å². The number of benzene rings is 1. The smallest absolute Gasteiger partial charge is 0.244 e. The summed E-state index contributed by atoms with van der Waals surface area (Å²) in [7, 11) is -6.31. The van der Waals surface area contributed by atoms with Crippen LogP contribution < -0.4 is 14.6 Å². The van der Waals surface area contributed by atoms with E-state index in [1.807, 2.05) is 4.57 Å². The predicted molar refractivity (Wildman–Crippen MR) is 129 cm³/mol. The minimum atomic E-state index is -3.91. The second-order valence-corrected chi connectivity index (χ2v) is 13.0. The van der Waals surface area contributed by atoms with Crippen LogP contribution in [0.4, 0.5) is 0 Å². The number of hydrogen-bond donors (Lipinski definition) is 2. The molecule has 1 fully saturated rings. The van der Waals surface area contributed by atoms with Gasteiger partial charge in [0.05, 0.1) is 7.11 Å². The average molecular weight is 498 g/mol. The van der Waals surface area contributed by atoms with Gasteiger partial charge in [0.2, 0.25) is 20.0 Å². The maximum Gasteiger partial charge on any atom is 0.244 e. The number of nitrogens with two attached hydrogens (primary N) is 1. The van der Waals surface area contributed by atoms with Gasteiger partial charge < -0.3 is 9.30 Å². The van der Waals surface area contributed by atoms with Gasteiger partial charge in [-0.3, -0.25) is 0 Å². The van der Waals surface area contributed by atoms with E-state index in [4.69, 9.17) is 9.88 Å². The zero-order valence-corrected chi connectivity index (χ0v) is 21.6. The Morgan fingerprint density at radius 3 is 2.24 bits per heavy atom. The molecular weight excluding hydrogens is 462 g/mol. The molecular formula is C23H35N3O5S2. The lowest BCUT2D eigenvalue weighted by atomic mass is 9.89. The number of primary sulfonamides is 1. The normalized spacial score (nSPS) is 16.2. The van der Waals surface area contributed by atoms with Gasteiger partial charge in [0.15, 0.2) is 0 Å². The first-order valence-electron chi connectivity index (χ1n) is 11.2. The van der Waals surface area contributed by atoms with Crippen molar-refractivity contribution in [3.63, 3.8) is 0 Å². The van der Waals surface area contributed by atoms with Crippen molar-refractivity contribution >= 4 is 20.0 Å². The molecule has 1 aliphatic carbocycles. The highest BCUT2D eigenvalue weighted by Crippen LogP contribution is 2.35. The summed E-state index contributed by atoms with van der Waals surface area (Å²) in [5, 5.41) is 5.49. The largest absolute Gasteiger partial charge is 0.495 e. The second-order valence-electron chi connectivity index (χ2n) is 9.86. The molecule has 33 heavy (non-hydrogen) atoms. The monoisotopic (exact) mass is 497 g/mol. The van der Waals surface area contributed by atoms with Crippen molar-refractivity contribution in [3.8, 4) is 17.0 Å². The lowest BCUT2D eigenvalue weighted by Gasteiger charge is -2.24. The van der Waals surface area contributed by atoms with Gasteiger partial charge in [-0.05, 0) is 64.7 Å². The number of sulfonamides is 2. The molecule has 1 aromatic heterocycles. The molecule has 2 aromatic rings. The number of nitrogens with one attached hydrogen (secondary N) is 1. The van der Waals surface area contributed by atoms with Crippen LogP contribution in [0.2, 0.25) is 0 Å². The molecule has 0 amide bonds. The van der Waals surface area contributed by atoms with Crippen LogP contribution in [0.3, 0.4) is 0 Å². The van der Waals surface area contributed by atoms with Gasteiger partial charge in [0.1, 0.15) is 15.5 Å². The Bertz CT molecular complexity index is 1220. The van der Waals surface area contributed by atoms with Gasteiger partial charge in [-0.25, -0.2) is 26.7 Å². The SMILES string of the molecule is COc1cc(-c2cc(S(N)(=O)=O)c(C)n2CC2CCCCC2)ccc1S(=O)(=O)NC(C)(C)C. The van der Waals surface area contributed by atoms with E-state index >= 15 is 0 Å². The van der Waals surface area contributed by atoms with E-state index in [1.165, 1.54) is 32.4 Å². The van der Waals surface area contributed by atoms with Crippen molar-refractivity contribution in [2.45, 2.75) is 81.7 Å². The van der Waals surface area contributed by atoms with Crippen molar-refractivity contribution in [2.75, 3.05) is 7.11 Å². The Kier molecular flexibility index (Phi) is 7.33. The molecule has 0 aliphatic heterocycles. The highest BCUT2D eigenvalue weighted by molar-refractivity contribution is 7.89. The molecule has 0 unspecified atom stereocenters. The summed E-state index contributed by atoms with van der Waals surface area (Å²) in [6.07, 6.45) is 5.76.